The second-order valence-corrected chi connectivity index (χ2v) is 2.56. The van der Waals surface area contributed by atoms with Crippen LogP contribution >= 0.6 is 0 Å². The molecule has 0 bridgehead atoms. The quantitative estimate of drug-likeness (QED) is 0.416. The number of ether oxygens (including phenoxy) is 1. The summed E-state index contributed by atoms with van der Waals surface area (Å²) in [5.41, 5.74) is 0.760. The first-order valence-corrected chi connectivity index (χ1v) is 4.08. The van der Waals surface area contributed by atoms with Gasteiger partial charge in [0.15, 0.2) is 0 Å². The molecule has 0 aliphatic rings. The first-order valence-electron chi connectivity index (χ1n) is 4.08. The van der Waals surface area contributed by atoms with E-state index >= 15 is 0 Å². The van der Waals surface area contributed by atoms with Gasteiger partial charge in [0.2, 0.25) is 0 Å². The molecule has 74 valence electrons. The zero-order valence-electron chi connectivity index (χ0n) is 8.06. The Kier molecular flexibility index (Phi) is 3.67. The number of hydrogen-bond acceptors (Lipinski definition) is 4. The molecular weight excluding hydrogens is 182 g/mol. The highest BCUT2D eigenvalue weighted by molar-refractivity contribution is 5.83. The average molecular weight is 193 g/mol. The van der Waals surface area contributed by atoms with E-state index in [2.05, 4.69) is 9.99 Å². The number of benzene rings is 1. The van der Waals surface area contributed by atoms with Crippen LogP contribution in [0.15, 0.2) is 29.4 Å². The number of carbonyl (C=O) groups is 1. The molecule has 0 atom stereocenters. The van der Waals surface area contributed by atoms with E-state index in [4.69, 9.17) is 4.74 Å². The van der Waals surface area contributed by atoms with Gasteiger partial charge in [0.25, 0.3) is 0 Å². The third-order valence-corrected chi connectivity index (χ3v) is 1.51. The molecule has 0 heterocycles. The molecular formula is C10H11NO3. The van der Waals surface area contributed by atoms with Crippen molar-refractivity contribution in [3.05, 3.63) is 29.8 Å². The van der Waals surface area contributed by atoms with Crippen LogP contribution in [0.5, 0.6) is 5.75 Å². The lowest BCUT2D eigenvalue weighted by molar-refractivity contribution is -0.140. The van der Waals surface area contributed by atoms with Crippen molar-refractivity contribution < 1.29 is 14.4 Å². The number of carbonyl (C=O) groups excluding carboxylic acids is 1. The van der Waals surface area contributed by atoms with Gasteiger partial charge in [-0.05, 0) is 12.1 Å². The second-order valence-electron chi connectivity index (χ2n) is 2.56. The Morgan fingerprint density at radius 3 is 2.79 bits per heavy atom. The second kappa shape index (κ2) is 5.01. The van der Waals surface area contributed by atoms with E-state index in [9.17, 15) is 4.79 Å². The van der Waals surface area contributed by atoms with E-state index in [1.165, 1.54) is 13.1 Å². The molecule has 0 N–H and O–H groups in total. The maximum absolute atomic E-state index is 10.4. The van der Waals surface area contributed by atoms with E-state index in [-0.39, 0.29) is 0 Å². The van der Waals surface area contributed by atoms with E-state index in [0.29, 0.717) is 5.75 Å². The van der Waals surface area contributed by atoms with Gasteiger partial charge < -0.3 is 9.57 Å². The van der Waals surface area contributed by atoms with Crippen molar-refractivity contribution in [2.24, 2.45) is 5.16 Å². The van der Waals surface area contributed by atoms with Crippen LogP contribution in [0.4, 0.5) is 0 Å². The Labute approximate surface area is 82.1 Å². The summed E-state index contributed by atoms with van der Waals surface area (Å²) in [5, 5.41) is 3.50. The van der Waals surface area contributed by atoms with Crippen molar-refractivity contribution >= 4 is 12.2 Å². The molecule has 0 aliphatic carbocycles. The van der Waals surface area contributed by atoms with Crippen molar-refractivity contribution in [3.63, 3.8) is 0 Å². The van der Waals surface area contributed by atoms with E-state index in [1.54, 1.807) is 13.2 Å². The van der Waals surface area contributed by atoms with Gasteiger partial charge in [-0.2, -0.15) is 0 Å². The van der Waals surface area contributed by atoms with Gasteiger partial charge in [0.05, 0.1) is 13.3 Å². The monoisotopic (exact) mass is 193 g/mol. The molecule has 1 rings (SSSR count). The standard InChI is InChI=1S/C10H11NO3/c1-8(12)14-11-7-9-5-3-4-6-10(9)13-2/h3-7H,1-2H3. The fraction of sp³-hybridized carbons (Fsp3) is 0.200. The van der Waals surface area contributed by atoms with Gasteiger partial charge in [-0.3, -0.25) is 0 Å². The summed E-state index contributed by atoms with van der Waals surface area (Å²) in [7, 11) is 1.57. The highest BCUT2D eigenvalue weighted by Gasteiger charge is 1.97. The van der Waals surface area contributed by atoms with Gasteiger partial charge in [0.1, 0.15) is 5.75 Å². The zero-order chi connectivity index (χ0) is 10.4. The van der Waals surface area contributed by atoms with Crippen molar-refractivity contribution in [1.82, 2.24) is 0 Å². The molecule has 0 aromatic heterocycles. The largest absolute Gasteiger partial charge is 0.496 e. The highest BCUT2D eigenvalue weighted by atomic mass is 16.7. The SMILES string of the molecule is COc1ccccc1C=NOC(C)=O. The third-order valence-electron chi connectivity index (χ3n) is 1.51. The number of methoxy groups -OCH3 is 1. The predicted molar refractivity (Wildman–Crippen MR) is 52.4 cm³/mol. The summed E-state index contributed by atoms with van der Waals surface area (Å²) < 4.78 is 5.07. The average Bonchev–Trinajstić information content (AvgIpc) is 2.18. The first-order chi connectivity index (χ1) is 6.74. The number of rotatable bonds is 3. The Morgan fingerprint density at radius 1 is 1.43 bits per heavy atom. The molecule has 0 saturated carbocycles. The Balaban J connectivity index is 2.75. The van der Waals surface area contributed by atoms with E-state index in [1.807, 2.05) is 18.2 Å². The minimum atomic E-state index is -0.448. The summed E-state index contributed by atoms with van der Waals surface area (Å²) in [6.45, 7) is 1.29. The fourth-order valence-corrected chi connectivity index (χ4v) is 0.930. The minimum absolute atomic E-state index is 0.448. The first kappa shape index (κ1) is 10.2. The van der Waals surface area contributed by atoms with Gasteiger partial charge >= 0.3 is 5.97 Å². The molecule has 0 radical (unpaired) electrons. The van der Waals surface area contributed by atoms with Gasteiger partial charge in [0, 0.05) is 12.5 Å². The van der Waals surface area contributed by atoms with Crippen molar-refractivity contribution in [3.8, 4) is 5.75 Å². The summed E-state index contributed by atoms with van der Waals surface area (Å²) in [4.78, 5) is 14.8. The Hall–Kier alpha value is -1.84. The van der Waals surface area contributed by atoms with Crippen molar-refractivity contribution in [2.75, 3.05) is 7.11 Å². The molecule has 0 aliphatic heterocycles. The molecule has 0 fully saturated rings. The maximum atomic E-state index is 10.4. The number of para-hydroxylation sites is 1. The van der Waals surface area contributed by atoms with Gasteiger partial charge in [-0.1, -0.05) is 17.3 Å². The Morgan fingerprint density at radius 2 is 2.14 bits per heavy atom. The minimum Gasteiger partial charge on any atom is -0.496 e. The van der Waals surface area contributed by atoms with Crippen LogP contribution in [0.3, 0.4) is 0 Å². The van der Waals surface area contributed by atoms with Crippen LogP contribution in [0, 0.1) is 0 Å². The van der Waals surface area contributed by atoms with Crippen LogP contribution in [-0.2, 0) is 9.63 Å². The van der Waals surface area contributed by atoms with Crippen molar-refractivity contribution in [1.29, 1.82) is 0 Å². The smallest absolute Gasteiger partial charge is 0.331 e. The lowest BCUT2D eigenvalue weighted by Gasteiger charge is -2.01. The van der Waals surface area contributed by atoms with Crippen molar-refractivity contribution in [2.45, 2.75) is 6.92 Å². The summed E-state index contributed by atoms with van der Waals surface area (Å²) in [5.74, 6) is 0.236. The lowest BCUT2D eigenvalue weighted by Crippen LogP contribution is -1.93. The van der Waals surface area contributed by atoms with Gasteiger partial charge in [-0.25, -0.2) is 4.79 Å². The normalized spacial score (nSPS) is 10.1. The molecule has 0 saturated heterocycles. The molecule has 4 heteroatoms. The van der Waals surface area contributed by atoms with E-state index < -0.39 is 5.97 Å². The van der Waals surface area contributed by atoms with Crippen LogP contribution in [0.25, 0.3) is 0 Å². The van der Waals surface area contributed by atoms with Crippen LogP contribution < -0.4 is 4.74 Å². The Bertz CT molecular complexity index is 347. The number of oxime groups is 1. The summed E-state index contributed by atoms with van der Waals surface area (Å²) in [6.07, 6.45) is 1.43. The third kappa shape index (κ3) is 2.90. The maximum Gasteiger partial charge on any atom is 0.331 e. The van der Waals surface area contributed by atoms with Gasteiger partial charge in [-0.15, -0.1) is 0 Å². The van der Waals surface area contributed by atoms with E-state index in [0.717, 1.165) is 5.56 Å². The lowest BCUT2D eigenvalue weighted by atomic mass is 10.2. The molecule has 0 amide bonds. The summed E-state index contributed by atoms with van der Waals surface area (Å²) >= 11 is 0. The van der Waals surface area contributed by atoms with Crippen LogP contribution in [0.2, 0.25) is 0 Å². The highest BCUT2D eigenvalue weighted by Crippen LogP contribution is 2.14. The summed E-state index contributed by atoms with van der Waals surface area (Å²) in [6, 6.07) is 7.31. The number of hydrogen-bond donors (Lipinski definition) is 0. The zero-order valence-corrected chi connectivity index (χ0v) is 8.06. The molecule has 0 spiro atoms. The topological polar surface area (TPSA) is 47.9 Å². The fourth-order valence-electron chi connectivity index (χ4n) is 0.930. The predicted octanol–water partition coefficient (Wildman–Crippen LogP) is 1.59. The molecule has 1 aromatic rings. The molecule has 1 aromatic carbocycles. The molecule has 0 unspecified atom stereocenters. The molecule has 14 heavy (non-hydrogen) atoms. The number of nitrogens with zero attached hydrogens (tertiary/aromatic N) is 1. The van der Waals surface area contributed by atoms with Crippen LogP contribution in [0.1, 0.15) is 12.5 Å². The molecule has 4 nitrogen and oxygen atoms in total. The van der Waals surface area contributed by atoms with Crippen LogP contribution in [-0.4, -0.2) is 19.3 Å².